The summed E-state index contributed by atoms with van der Waals surface area (Å²) in [5, 5.41) is 43.2. The molecule has 0 atom stereocenters. The lowest BCUT2D eigenvalue weighted by Gasteiger charge is -2.20. The molecule has 0 radical (unpaired) electrons. The van der Waals surface area contributed by atoms with E-state index in [9.17, 15) is 10.2 Å². The smallest absolute Gasteiger partial charge is 0.343 e. The van der Waals surface area contributed by atoms with E-state index < -0.39 is 11.7 Å². The molecule has 0 saturated carbocycles. The van der Waals surface area contributed by atoms with Gasteiger partial charge in [0, 0.05) is 0 Å². The highest BCUT2D eigenvalue weighted by Crippen LogP contribution is 2.34. The Bertz CT molecular complexity index is 259. The van der Waals surface area contributed by atoms with Crippen LogP contribution in [0.1, 0.15) is 0 Å². The number of rotatable bonds is 1. The molecule has 10 heteroatoms. The Balaban J connectivity index is 2.41. The van der Waals surface area contributed by atoms with Gasteiger partial charge >= 0.3 is 11.7 Å². The number of aliphatic hydroxyl groups is 2. The van der Waals surface area contributed by atoms with E-state index in [1.807, 2.05) is 0 Å². The fourth-order valence-electron chi connectivity index (χ4n) is 0.638. The van der Waals surface area contributed by atoms with Gasteiger partial charge in [0.05, 0.1) is 0 Å². The summed E-state index contributed by atoms with van der Waals surface area (Å²) in [6.45, 7) is 0. The zero-order valence-corrected chi connectivity index (χ0v) is 5.47. The maximum absolute atomic E-state index is 9.37. The molecule has 2 heterocycles. The Morgan fingerprint density at radius 3 is 1.08 bits per heavy atom. The van der Waals surface area contributed by atoms with E-state index in [0.29, 0.717) is 0 Å². The Labute approximate surface area is 64.4 Å². The monoisotopic (exact) mass is 170 g/mol. The second-order valence-electron chi connectivity index (χ2n) is 2.03. The highest BCUT2D eigenvalue weighted by Gasteiger charge is 2.57. The summed E-state index contributed by atoms with van der Waals surface area (Å²) in [6, 6.07) is 0. The van der Waals surface area contributed by atoms with Gasteiger partial charge in [-0.3, -0.25) is 0 Å². The summed E-state index contributed by atoms with van der Waals surface area (Å²) in [5.74, 6) is -4.67. The van der Waals surface area contributed by atoms with Crippen molar-refractivity contribution in [1.82, 2.24) is 0 Å². The zero-order chi connectivity index (χ0) is 8.66. The highest BCUT2D eigenvalue weighted by molar-refractivity contribution is 4.91. The molecule has 0 aromatic heterocycles. The van der Waals surface area contributed by atoms with Crippen molar-refractivity contribution in [3.63, 3.8) is 0 Å². The fourth-order valence-corrected chi connectivity index (χ4v) is 0.638. The SMILES string of the molecule is OC1(C2(O)N=NN=N2)N=NN=N1. The summed E-state index contributed by atoms with van der Waals surface area (Å²) < 4.78 is 0. The molecule has 2 rings (SSSR count). The van der Waals surface area contributed by atoms with E-state index in [2.05, 4.69) is 41.4 Å². The standard InChI is InChI=1S/C2H2N8O2/c11-1(3-7-8-4-1)2(12)5-9-10-6-2/h11-12H. The molecular weight excluding hydrogens is 168 g/mol. The van der Waals surface area contributed by atoms with Crippen molar-refractivity contribution in [2.75, 3.05) is 0 Å². The first-order chi connectivity index (χ1) is 5.66. The van der Waals surface area contributed by atoms with Gasteiger partial charge in [-0.25, -0.2) is 0 Å². The van der Waals surface area contributed by atoms with E-state index in [1.54, 1.807) is 0 Å². The van der Waals surface area contributed by atoms with Crippen molar-refractivity contribution in [3.8, 4) is 0 Å². The predicted molar refractivity (Wildman–Crippen MR) is 29.3 cm³/mol. The van der Waals surface area contributed by atoms with Crippen molar-refractivity contribution < 1.29 is 10.2 Å². The van der Waals surface area contributed by atoms with Crippen LogP contribution in [-0.4, -0.2) is 21.9 Å². The average Bonchev–Trinajstić information content (AvgIpc) is 2.60. The summed E-state index contributed by atoms with van der Waals surface area (Å²) >= 11 is 0. The van der Waals surface area contributed by atoms with Crippen LogP contribution in [-0.2, 0) is 0 Å². The lowest BCUT2D eigenvalue weighted by molar-refractivity contribution is -0.135. The summed E-state index contributed by atoms with van der Waals surface area (Å²) in [4.78, 5) is 0. The average molecular weight is 170 g/mol. The van der Waals surface area contributed by atoms with Crippen molar-refractivity contribution in [1.29, 1.82) is 0 Å². The van der Waals surface area contributed by atoms with Crippen LogP contribution in [0.5, 0.6) is 0 Å². The van der Waals surface area contributed by atoms with E-state index >= 15 is 0 Å². The summed E-state index contributed by atoms with van der Waals surface area (Å²) in [5.41, 5.74) is 0. The number of hydrogen-bond donors (Lipinski definition) is 2. The molecule has 2 N–H and O–H groups in total. The van der Waals surface area contributed by atoms with E-state index in [-0.39, 0.29) is 0 Å². The molecule has 0 aromatic rings. The first kappa shape index (κ1) is 7.00. The molecule has 0 amide bonds. The lowest BCUT2D eigenvalue weighted by Crippen LogP contribution is -2.46. The molecule has 62 valence electrons. The largest absolute Gasteiger partial charge is 0.370 e. The van der Waals surface area contributed by atoms with E-state index in [0.717, 1.165) is 0 Å². The summed E-state index contributed by atoms with van der Waals surface area (Å²) in [7, 11) is 0. The van der Waals surface area contributed by atoms with Crippen LogP contribution in [0.2, 0.25) is 0 Å². The number of hydrogen-bond acceptors (Lipinski definition) is 10. The Morgan fingerprint density at radius 1 is 0.583 bits per heavy atom. The molecule has 0 saturated heterocycles. The highest BCUT2D eigenvalue weighted by atomic mass is 16.4. The first-order valence-electron chi connectivity index (χ1n) is 2.79. The minimum atomic E-state index is -2.34. The van der Waals surface area contributed by atoms with Gasteiger partial charge in [0.15, 0.2) is 0 Å². The third-order valence-corrected chi connectivity index (χ3v) is 1.27. The predicted octanol–water partition coefficient (Wildman–Crippen LogP) is -0.0554. The van der Waals surface area contributed by atoms with E-state index in [4.69, 9.17) is 0 Å². The molecule has 0 bridgehead atoms. The zero-order valence-electron chi connectivity index (χ0n) is 5.47. The minimum Gasteiger partial charge on any atom is -0.343 e. The van der Waals surface area contributed by atoms with Gasteiger partial charge in [0.25, 0.3) is 0 Å². The maximum Gasteiger partial charge on any atom is 0.370 e. The molecule has 0 aromatic carbocycles. The van der Waals surface area contributed by atoms with Crippen LogP contribution in [0.3, 0.4) is 0 Å². The van der Waals surface area contributed by atoms with Crippen molar-refractivity contribution in [3.05, 3.63) is 0 Å². The number of nitrogens with zero attached hydrogens (tertiary/aromatic N) is 8. The Kier molecular flexibility index (Phi) is 1.12. The van der Waals surface area contributed by atoms with Crippen LogP contribution in [0.15, 0.2) is 41.4 Å². The van der Waals surface area contributed by atoms with Crippen LogP contribution < -0.4 is 0 Å². The van der Waals surface area contributed by atoms with Crippen molar-refractivity contribution >= 4 is 0 Å². The first-order valence-corrected chi connectivity index (χ1v) is 2.79. The van der Waals surface area contributed by atoms with E-state index in [1.165, 1.54) is 0 Å². The second kappa shape index (κ2) is 1.92. The Hall–Kier alpha value is -1.68. The topological polar surface area (TPSA) is 139 Å². The fraction of sp³-hybridized carbons (Fsp3) is 1.00. The minimum absolute atomic E-state index is 2.34. The quantitative estimate of drug-likeness (QED) is 0.569. The molecule has 0 fully saturated rings. The molecule has 2 aliphatic rings. The molecule has 0 aliphatic carbocycles. The molecule has 12 heavy (non-hydrogen) atoms. The maximum atomic E-state index is 9.37. The summed E-state index contributed by atoms with van der Waals surface area (Å²) in [6.07, 6.45) is 0. The van der Waals surface area contributed by atoms with Crippen molar-refractivity contribution in [2.45, 2.75) is 11.7 Å². The Morgan fingerprint density at radius 2 is 0.833 bits per heavy atom. The molecule has 10 nitrogen and oxygen atoms in total. The van der Waals surface area contributed by atoms with Crippen LogP contribution in [0.4, 0.5) is 0 Å². The third-order valence-electron chi connectivity index (χ3n) is 1.27. The second-order valence-corrected chi connectivity index (χ2v) is 2.03. The van der Waals surface area contributed by atoms with Crippen LogP contribution >= 0.6 is 0 Å². The molecule has 2 aliphatic heterocycles. The third kappa shape index (κ3) is 0.695. The van der Waals surface area contributed by atoms with Crippen LogP contribution in [0, 0.1) is 0 Å². The van der Waals surface area contributed by atoms with Crippen molar-refractivity contribution in [2.24, 2.45) is 41.4 Å². The molecular formula is C2H2N8O2. The molecule has 0 unspecified atom stereocenters. The van der Waals surface area contributed by atoms with Gasteiger partial charge in [-0.15, -0.1) is 0 Å². The normalized spacial score (nSPS) is 27.2. The van der Waals surface area contributed by atoms with Gasteiger partial charge in [-0.05, 0) is 20.9 Å². The van der Waals surface area contributed by atoms with Gasteiger partial charge in [-0.2, -0.15) is 0 Å². The van der Waals surface area contributed by atoms with Gasteiger partial charge < -0.3 is 10.2 Å². The van der Waals surface area contributed by atoms with Gasteiger partial charge in [-0.1, -0.05) is 20.5 Å². The van der Waals surface area contributed by atoms with Gasteiger partial charge in [0.1, 0.15) is 0 Å². The van der Waals surface area contributed by atoms with Crippen LogP contribution in [0.25, 0.3) is 0 Å². The van der Waals surface area contributed by atoms with Gasteiger partial charge in [0.2, 0.25) is 0 Å². The lowest BCUT2D eigenvalue weighted by atomic mass is 10.3. The molecule has 0 spiro atoms.